The van der Waals surface area contributed by atoms with Gasteiger partial charge in [-0.25, -0.2) is 13.8 Å². The normalized spacial score (nSPS) is 14.2. The highest BCUT2D eigenvalue weighted by atomic mass is 19.1. The molecule has 0 spiro atoms. The molecule has 1 amide bonds. The van der Waals surface area contributed by atoms with E-state index < -0.39 is 11.6 Å². The largest absolute Gasteiger partial charge is 0.379 e. The first kappa shape index (κ1) is 27.7. The van der Waals surface area contributed by atoms with E-state index in [9.17, 15) is 4.79 Å². The Balaban J connectivity index is 1.42. The highest BCUT2D eigenvalue weighted by Crippen LogP contribution is 2.31. The summed E-state index contributed by atoms with van der Waals surface area (Å²) in [5.74, 6) is -1.35. The first-order valence-corrected chi connectivity index (χ1v) is 13.2. The van der Waals surface area contributed by atoms with Crippen LogP contribution in [0.2, 0.25) is 0 Å². The van der Waals surface area contributed by atoms with Gasteiger partial charge < -0.3 is 14.5 Å². The van der Waals surface area contributed by atoms with Gasteiger partial charge >= 0.3 is 0 Å². The van der Waals surface area contributed by atoms with Gasteiger partial charge in [0.2, 0.25) is 0 Å². The van der Waals surface area contributed by atoms with Gasteiger partial charge in [0, 0.05) is 62.7 Å². The van der Waals surface area contributed by atoms with Gasteiger partial charge in [-0.05, 0) is 50.0 Å². The average molecular weight is 547 g/mol. The molecule has 1 aliphatic heterocycles. The van der Waals surface area contributed by atoms with Gasteiger partial charge in [0.25, 0.3) is 5.91 Å². The lowest BCUT2D eigenvalue weighted by molar-refractivity contribution is 0.0332. The Kier molecular flexibility index (Phi) is 8.39. The number of pyridine rings is 1. The fourth-order valence-corrected chi connectivity index (χ4v) is 4.62. The molecule has 8 nitrogen and oxygen atoms in total. The number of amides is 1. The third-order valence-corrected chi connectivity index (χ3v) is 7.02. The summed E-state index contributed by atoms with van der Waals surface area (Å²) >= 11 is 0. The second-order valence-corrected chi connectivity index (χ2v) is 10.2. The van der Waals surface area contributed by atoms with Crippen LogP contribution in [0.15, 0.2) is 54.9 Å². The van der Waals surface area contributed by atoms with Crippen LogP contribution in [0.3, 0.4) is 0 Å². The van der Waals surface area contributed by atoms with Gasteiger partial charge in [-0.1, -0.05) is 12.1 Å². The van der Waals surface area contributed by atoms with Crippen molar-refractivity contribution in [3.63, 3.8) is 0 Å². The number of benzene rings is 2. The lowest BCUT2D eigenvalue weighted by Gasteiger charge is -2.27. The molecule has 0 unspecified atom stereocenters. The van der Waals surface area contributed by atoms with Gasteiger partial charge in [-0.2, -0.15) is 0 Å². The first-order valence-electron chi connectivity index (χ1n) is 13.2. The van der Waals surface area contributed by atoms with Gasteiger partial charge in [-0.3, -0.25) is 19.7 Å². The molecule has 1 saturated heterocycles. The minimum atomic E-state index is -0.595. The second kappa shape index (κ2) is 12.1. The van der Waals surface area contributed by atoms with E-state index in [1.54, 1.807) is 54.7 Å². The molecule has 5 rings (SSSR count). The van der Waals surface area contributed by atoms with Crippen molar-refractivity contribution in [3.8, 4) is 22.4 Å². The molecule has 0 radical (unpaired) electrons. The van der Waals surface area contributed by atoms with Gasteiger partial charge in [0.05, 0.1) is 36.1 Å². The molecule has 10 heteroatoms. The molecule has 1 fully saturated rings. The van der Waals surface area contributed by atoms with E-state index in [1.807, 2.05) is 23.9 Å². The van der Waals surface area contributed by atoms with Crippen LogP contribution in [0.25, 0.3) is 33.4 Å². The molecule has 0 aliphatic carbocycles. The van der Waals surface area contributed by atoms with E-state index >= 15 is 8.78 Å². The average Bonchev–Trinajstić information content (AvgIpc) is 2.97. The van der Waals surface area contributed by atoms with Gasteiger partial charge in [0.15, 0.2) is 0 Å². The van der Waals surface area contributed by atoms with Crippen LogP contribution in [0, 0.1) is 11.6 Å². The number of nitrogens with zero attached hydrogens (tertiary/aromatic N) is 6. The lowest BCUT2D eigenvalue weighted by Crippen LogP contribution is -2.36. The molecule has 1 aliphatic rings. The maximum Gasteiger partial charge on any atom is 0.272 e. The van der Waals surface area contributed by atoms with E-state index in [0.717, 1.165) is 6.54 Å². The van der Waals surface area contributed by atoms with E-state index in [-0.39, 0.29) is 18.0 Å². The number of hydrogen-bond acceptors (Lipinski definition) is 7. The quantitative estimate of drug-likeness (QED) is 0.329. The lowest BCUT2D eigenvalue weighted by atomic mass is 10.0. The predicted molar refractivity (Wildman–Crippen MR) is 150 cm³/mol. The number of carbonyl (C=O) groups is 1. The SMILES string of the molecule is CN(C)CCN(C)C(=O)c1ccc(-c2cnc3cccc(-c4cc(F)c(CN5CCOCC5)c(F)c4)c3n2)cn1. The molecular weight excluding hydrogens is 514 g/mol. The Morgan fingerprint density at radius 1 is 0.950 bits per heavy atom. The van der Waals surface area contributed by atoms with Crippen molar-refractivity contribution in [1.29, 1.82) is 0 Å². The zero-order valence-corrected chi connectivity index (χ0v) is 22.9. The van der Waals surface area contributed by atoms with Crippen molar-refractivity contribution in [1.82, 2.24) is 29.7 Å². The van der Waals surface area contributed by atoms with Crippen molar-refractivity contribution in [2.75, 3.05) is 60.5 Å². The topological polar surface area (TPSA) is 74.7 Å². The van der Waals surface area contributed by atoms with Crippen LogP contribution in [0.4, 0.5) is 8.78 Å². The van der Waals surface area contributed by atoms with Gasteiger partial charge in [0.1, 0.15) is 17.3 Å². The van der Waals surface area contributed by atoms with E-state index in [1.165, 1.54) is 12.1 Å². The molecule has 0 saturated carbocycles. The number of para-hydroxylation sites is 1. The second-order valence-electron chi connectivity index (χ2n) is 10.2. The summed E-state index contributed by atoms with van der Waals surface area (Å²) in [6.45, 7) is 3.92. The van der Waals surface area contributed by atoms with Crippen molar-refractivity contribution in [2.24, 2.45) is 0 Å². The van der Waals surface area contributed by atoms with Crippen LogP contribution >= 0.6 is 0 Å². The van der Waals surface area contributed by atoms with Crippen molar-refractivity contribution in [2.45, 2.75) is 6.54 Å². The number of hydrogen-bond donors (Lipinski definition) is 0. The molecule has 0 atom stereocenters. The summed E-state index contributed by atoms with van der Waals surface area (Å²) in [5, 5.41) is 0. The summed E-state index contributed by atoms with van der Waals surface area (Å²) in [7, 11) is 5.66. The minimum Gasteiger partial charge on any atom is -0.379 e. The Hall–Kier alpha value is -3.86. The van der Waals surface area contributed by atoms with Crippen LogP contribution in [0.5, 0.6) is 0 Å². The number of fused-ring (bicyclic) bond motifs is 1. The van der Waals surface area contributed by atoms with Crippen LogP contribution < -0.4 is 0 Å². The number of halogens is 2. The summed E-state index contributed by atoms with van der Waals surface area (Å²) < 4.78 is 35.7. The van der Waals surface area contributed by atoms with Crippen LogP contribution in [-0.2, 0) is 11.3 Å². The molecule has 2 aromatic carbocycles. The summed E-state index contributed by atoms with van der Waals surface area (Å²) in [5.41, 5.74) is 3.67. The predicted octanol–water partition coefficient (Wildman–Crippen LogP) is 4.10. The molecule has 0 N–H and O–H groups in total. The zero-order chi connectivity index (χ0) is 28.2. The zero-order valence-electron chi connectivity index (χ0n) is 22.9. The molecular formula is C30H32F2N6O2. The Morgan fingerprint density at radius 2 is 1.70 bits per heavy atom. The minimum absolute atomic E-state index is 0.0470. The molecule has 4 aromatic rings. The van der Waals surface area contributed by atoms with Crippen LogP contribution in [-0.4, -0.2) is 96.1 Å². The van der Waals surface area contributed by atoms with Crippen molar-refractivity contribution < 1.29 is 18.3 Å². The third kappa shape index (κ3) is 6.14. The highest BCUT2D eigenvalue weighted by molar-refractivity contribution is 5.93. The smallest absolute Gasteiger partial charge is 0.272 e. The first-order chi connectivity index (χ1) is 19.3. The van der Waals surface area contributed by atoms with Crippen LogP contribution in [0.1, 0.15) is 16.1 Å². The maximum atomic E-state index is 15.2. The Labute approximate surface area is 232 Å². The Morgan fingerprint density at radius 3 is 2.38 bits per heavy atom. The van der Waals surface area contributed by atoms with Crippen molar-refractivity contribution >= 4 is 16.9 Å². The van der Waals surface area contributed by atoms with E-state index in [2.05, 4.69) is 9.97 Å². The number of carbonyl (C=O) groups excluding carboxylic acids is 1. The number of likely N-dealkylation sites (N-methyl/N-ethyl adjacent to an activating group) is 2. The van der Waals surface area contributed by atoms with E-state index in [4.69, 9.17) is 9.72 Å². The summed E-state index contributed by atoms with van der Waals surface area (Å²) in [6, 6.07) is 11.5. The molecule has 40 heavy (non-hydrogen) atoms. The molecule has 0 bridgehead atoms. The highest BCUT2D eigenvalue weighted by Gasteiger charge is 2.19. The molecule has 2 aromatic heterocycles. The standard InChI is InChI=1S/C30H32F2N6O2/c1-36(2)9-10-37(3)30(39)27-8-7-20(17-33-27)28-18-34-26-6-4-5-22(29(26)35-28)21-15-24(31)23(25(32)16-21)19-38-11-13-40-14-12-38/h4-8,15-18H,9-14,19H2,1-3H3. The maximum absolute atomic E-state index is 15.2. The monoisotopic (exact) mass is 546 g/mol. The fourth-order valence-electron chi connectivity index (χ4n) is 4.62. The summed E-state index contributed by atoms with van der Waals surface area (Å²) in [6.07, 6.45) is 3.21. The summed E-state index contributed by atoms with van der Waals surface area (Å²) in [4.78, 5) is 32.0. The number of aromatic nitrogens is 3. The molecule has 3 heterocycles. The third-order valence-electron chi connectivity index (χ3n) is 7.02. The number of rotatable bonds is 8. The van der Waals surface area contributed by atoms with Crippen molar-refractivity contribution in [3.05, 3.63) is 77.8 Å². The fraction of sp³-hybridized carbons (Fsp3) is 0.333. The van der Waals surface area contributed by atoms with Gasteiger partial charge in [-0.15, -0.1) is 0 Å². The molecule has 208 valence electrons. The number of ether oxygens (including phenoxy) is 1. The Bertz CT molecular complexity index is 1480. The number of morpholine rings is 1. The van der Waals surface area contributed by atoms with E-state index in [0.29, 0.717) is 72.0 Å².